The van der Waals surface area contributed by atoms with E-state index in [1.807, 2.05) is 39.0 Å². The number of benzene rings is 1. The molecule has 0 aliphatic heterocycles. The molecular formula is C15H24O4. The predicted molar refractivity (Wildman–Crippen MR) is 74.8 cm³/mol. The SMILES string of the molecule is CCCOCC(O)c1ccc(OCC)c(OCC)c1. The van der Waals surface area contributed by atoms with E-state index in [0.29, 0.717) is 37.9 Å². The molecule has 0 fully saturated rings. The van der Waals surface area contributed by atoms with Crippen LogP contribution in [0.3, 0.4) is 0 Å². The molecule has 0 aliphatic carbocycles. The van der Waals surface area contributed by atoms with Crippen LogP contribution in [-0.2, 0) is 4.74 Å². The smallest absolute Gasteiger partial charge is 0.161 e. The lowest BCUT2D eigenvalue weighted by atomic mass is 10.1. The minimum absolute atomic E-state index is 0.299. The van der Waals surface area contributed by atoms with Crippen LogP contribution in [0.4, 0.5) is 0 Å². The number of aliphatic hydroxyl groups is 1. The van der Waals surface area contributed by atoms with Crippen molar-refractivity contribution in [3.8, 4) is 11.5 Å². The lowest BCUT2D eigenvalue weighted by Gasteiger charge is -2.15. The van der Waals surface area contributed by atoms with Crippen LogP contribution in [0.5, 0.6) is 11.5 Å². The maximum atomic E-state index is 10.0. The van der Waals surface area contributed by atoms with Crippen molar-refractivity contribution in [1.29, 1.82) is 0 Å². The number of hydrogen-bond acceptors (Lipinski definition) is 4. The van der Waals surface area contributed by atoms with Gasteiger partial charge in [0.05, 0.1) is 19.8 Å². The summed E-state index contributed by atoms with van der Waals surface area (Å²) in [6.45, 7) is 7.99. The van der Waals surface area contributed by atoms with Crippen LogP contribution in [0.25, 0.3) is 0 Å². The van der Waals surface area contributed by atoms with Gasteiger partial charge in [-0.25, -0.2) is 0 Å². The molecule has 108 valence electrons. The highest BCUT2D eigenvalue weighted by Gasteiger charge is 2.12. The molecule has 1 rings (SSSR count). The van der Waals surface area contributed by atoms with E-state index in [0.717, 1.165) is 12.0 Å². The van der Waals surface area contributed by atoms with Gasteiger partial charge in [-0.3, -0.25) is 0 Å². The molecule has 0 amide bonds. The molecule has 0 aromatic heterocycles. The zero-order chi connectivity index (χ0) is 14.1. The molecule has 1 unspecified atom stereocenters. The van der Waals surface area contributed by atoms with E-state index in [1.54, 1.807) is 0 Å². The molecular weight excluding hydrogens is 244 g/mol. The largest absolute Gasteiger partial charge is 0.490 e. The third-order valence-corrected chi connectivity index (χ3v) is 2.58. The summed E-state index contributed by atoms with van der Waals surface area (Å²) < 4.78 is 16.4. The Morgan fingerprint density at radius 2 is 1.74 bits per heavy atom. The molecule has 0 saturated heterocycles. The first kappa shape index (κ1) is 15.8. The van der Waals surface area contributed by atoms with Gasteiger partial charge in [-0.1, -0.05) is 13.0 Å². The quantitative estimate of drug-likeness (QED) is 0.699. The number of aliphatic hydroxyl groups excluding tert-OH is 1. The summed E-state index contributed by atoms with van der Waals surface area (Å²) >= 11 is 0. The standard InChI is InChI=1S/C15H24O4/c1-4-9-17-11-13(16)12-7-8-14(18-5-2)15(10-12)19-6-3/h7-8,10,13,16H,4-6,9,11H2,1-3H3. The third kappa shape index (κ3) is 5.09. The van der Waals surface area contributed by atoms with Gasteiger partial charge in [0.15, 0.2) is 11.5 Å². The average molecular weight is 268 g/mol. The first-order valence-corrected chi connectivity index (χ1v) is 6.88. The monoisotopic (exact) mass is 268 g/mol. The fourth-order valence-corrected chi connectivity index (χ4v) is 1.71. The van der Waals surface area contributed by atoms with E-state index < -0.39 is 6.10 Å². The molecule has 1 aromatic carbocycles. The van der Waals surface area contributed by atoms with Crippen molar-refractivity contribution in [1.82, 2.24) is 0 Å². The van der Waals surface area contributed by atoms with Gasteiger partial charge < -0.3 is 19.3 Å². The highest BCUT2D eigenvalue weighted by atomic mass is 16.5. The van der Waals surface area contributed by atoms with E-state index in [4.69, 9.17) is 14.2 Å². The summed E-state index contributed by atoms with van der Waals surface area (Å²) in [7, 11) is 0. The Morgan fingerprint density at radius 1 is 1.05 bits per heavy atom. The fourth-order valence-electron chi connectivity index (χ4n) is 1.71. The second-order valence-corrected chi connectivity index (χ2v) is 4.16. The average Bonchev–Trinajstić information content (AvgIpc) is 2.41. The van der Waals surface area contributed by atoms with Gasteiger partial charge in [-0.05, 0) is 38.0 Å². The van der Waals surface area contributed by atoms with Crippen LogP contribution in [0.15, 0.2) is 18.2 Å². The van der Waals surface area contributed by atoms with Crippen LogP contribution >= 0.6 is 0 Å². The van der Waals surface area contributed by atoms with Crippen LogP contribution in [0.1, 0.15) is 38.9 Å². The van der Waals surface area contributed by atoms with Crippen molar-refractivity contribution < 1.29 is 19.3 Å². The normalized spacial score (nSPS) is 12.2. The highest BCUT2D eigenvalue weighted by Crippen LogP contribution is 2.30. The van der Waals surface area contributed by atoms with E-state index in [9.17, 15) is 5.11 Å². The van der Waals surface area contributed by atoms with Crippen molar-refractivity contribution in [3.63, 3.8) is 0 Å². The molecule has 1 atom stereocenters. The second kappa shape index (κ2) is 8.77. The summed E-state index contributed by atoms with van der Waals surface area (Å²) in [6.07, 6.45) is 0.307. The topological polar surface area (TPSA) is 47.9 Å². The number of rotatable bonds is 9. The molecule has 1 N–H and O–H groups in total. The summed E-state index contributed by atoms with van der Waals surface area (Å²) in [5.74, 6) is 1.37. The van der Waals surface area contributed by atoms with Crippen LogP contribution in [0, 0.1) is 0 Å². The second-order valence-electron chi connectivity index (χ2n) is 4.16. The van der Waals surface area contributed by atoms with Gasteiger partial charge in [-0.2, -0.15) is 0 Å². The molecule has 0 spiro atoms. The molecule has 0 radical (unpaired) electrons. The summed E-state index contributed by atoms with van der Waals surface area (Å²) in [6, 6.07) is 5.48. The lowest BCUT2D eigenvalue weighted by molar-refractivity contribution is 0.0362. The predicted octanol–water partition coefficient (Wildman–Crippen LogP) is 2.94. The van der Waals surface area contributed by atoms with Gasteiger partial charge in [0, 0.05) is 6.61 Å². The maximum absolute atomic E-state index is 10.0. The number of ether oxygens (including phenoxy) is 3. The zero-order valence-corrected chi connectivity index (χ0v) is 12.0. The first-order valence-electron chi connectivity index (χ1n) is 6.88. The third-order valence-electron chi connectivity index (χ3n) is 2.58. The van der Waals surface area contributed by atoms with Gasteiger partial charge in [0.25, 0.3) is 0 Å². The van der Waals surface area contributed by atoms with Crippen molar-refractivity contribution >= 4 is 0 Å². The Labute approximate surface area is 115 Å². The zero-order valence-electron chi connectivity index (χ0n) is 12.0. The number of hydrogen-bond donors (Lipinski definition) is 1. The Kier molecular flexibility index (Phi) is 7.30. The lowest BCUT2D eigenvalue weighted by Crippen LogP contribution is -2.08. The van der Waals surface area contributed by atoms with E-state index in [-0.39, 0.29) is 0 Å². The summed E-state index contributed by atoms with van der Waals surface area (Å²) in [5, 5.41) is 10.0. The molecule has 0 aliphatic rings. The van der Waals surface area contributed by atoms with E-state index >= 15 is 0 Å². The Balaban J connectivity index is 2.75. The Hall–Kier alpha value is -1.26. The van der Waals surface area contributed by atoms with Crippen molar-refractivity contribution in [2.75, 3.05) is 26.4 Å². The molecule has 4 heteroatoms. The van der Waals surface area contributed by atoms with Crippen LogP contribution < -0.4 is 9.47 Å². The highest BCUT2D eigenvalue weighted by molar-refractivity contribution is 5.43. The molecule has 0 bridgehead atoms. The van der Waals surface area contributed by atoms with Crippen molar-refractivity contribution in [2.24, 2.45) is 0 Å². The molecule has 4 nitrogen and oxygen atoms in total. The van der Waals surface area contributed by atoms with Crippen molar-refractivity contribution in [2.45, 2.75) is 33.3 Å². The molecule has 0 heterocycles. The molecule has 19 heavy (non-hydrogen) atoms. The van der Waals surface area contributed by atoms with Gasteiger partial charge in [-0.15, -0.1) is 0 Å². The Bertz CT molecular complexity index is 365. The molecule has 0 saturated carbocycles. The maximum Gasteiger partial charge on any atom is 0.161 e. The summed E-state index contributed by atoms with van der Waals surface area (Å²) in [5.41, 5.74) is 0.781. The summed E-state index contributed by atoms with van der Waals surface area (Å²) in [4.78, 5) is 0. The minimum atomic E-state index is -0.638. The van der Waals surface area contributed by atoms with Gasteiger partial charge >= 0.3 is 0 Å². The van der Waals surface area contributed by atoms with Crippen LogP contribution in [-0.4, -0.2) is 31.5 Å². The fraction of sp³-hybridized carbons (Fsp3) is 0.600. The van der Waals surface area contributed by atoms with Crippen molar-refractivity contribution in [3.05, 3.63) is 23.8 Å². The first-order chi connectivity index (χ1) is 9.22. The van der Waals surface area contributed by atoms with E-state index in [1.165, 1.54) is 0 Å². The minimum Gasteiger partial charge on any atom is -0.490 e. The Morgan fingerprint density at radius 3 is 2.37 bits per heavy atom. The van der Waals surface area contributed by atoms with E-state index in [2.05, 4.69) is 0 Å². The van der Waals surface area contributed by atoms with Gasteiger partial charge in [0.1, 0.15) is 6.10 Å². The van der Waals surface area contributed by atoms with Crippen LogP contribution in [0.2, 0.25) is 0 Å². The molecule has 1 aromatic rings. The van der Waals surface area contributed by atoms with Gasteiger partial charge in [0.2, 0.25) is 0 Å².